The molecule has 1 amide bonds. The third-order valence-electron chi connectivity index (χ3n) is 5.86. The maximum Gasteiger partial charge on any atom is 0.416 e. The average molecular weight is 429 g/mol. The van der Waals surface area contributed by atoms with Gasteiger partial charge in [-0.1, -0.05) is 0 Å². The Kier molecular flexibility index (Phi) is 5.83. The average Bonchev–Trinajstić information content (AvgIpc) is 2.98. The minimum Gasteiger partial charge on any atom is -0.354 e. The summed E-state index contributed by atoms with van der Waals surface area (Å²) < 4.78 is 38.4. The first-order valence-electron chi connectivity index (χ1n) is 10.2. The highest BCUT2D eigenvalue weighted by Crippen LogP contribution is 2.32. The van der Waals surface area contributed by atoms with Crippen LogP contribution in [0.25, 0.3) is 0 Å². The summed E-state index contributed by atoms with van der Waals surface area (Å²) in [5, 5.41) is 9.34. The molecule has 1 aromatic carbocycles. The highest BCUT2D eigenvalue weighted by Gasteiger charge is 2.38. The molecule has 1 unspecified atom stereocenters. The number of hydrogen-bond acceptors (Lipinski definition) is 5. The molecule has 0 bridgehead atoms. The van der Waals surface area contributed by atoms with Crippen LogP contribution >= 0.6 is 0 Å². The monoisotopic (exact) mass is 429 g/mol. The van der Waals surface area contributed by atoms with Gasteiger partial charge in [0.15, 0.2) is 0 Å². The fraction of sp³-hybridized carbons (Fsp3) is 0.409. The molecule has 31 heavy (non-hydrogen) atoms. The summed E-state index contributed by atoms with van der Waals surface area (Å²) in [5.74, 6) is 0.583. The highest BCUT2D eigenvalue weighted by atomic mass is 19.4. The predicted molar refractivity (Wildman–Crippen MR) is 110 cm³/mol. The molecule has 0 spiro atoms. The van der Waals surface area contributed by atoms with Crippen molar-refractivity contribution in [1.29, 1.82) is 5.26 Å². The quantitative estimate of drug-likeness (QED) is 0.749. The zero-order valence-corrected chi connectivity index (χ0v) is 16.8. The van der Waals surface area contributed by atoms with Crippen LogP contribution in [-0.2, 0) is 11.0 Å². The lowest BCUT2D eigenvalue weighted by Gasteiger charge is -2.27. The molecule has 162 valence electrons. The van der Waals surface area contributed by atoms with E-state index in [0.717, 1.165) is 31.6 Å². The molecule has 4 rings (SSSR count). The minimum atomic E-state index is -4.40. The van der Waals surface area contributed by atoms with Crippen LogP contribution in [0.15, 0.2) is 42.6 Å². The summed E-state index contributed by atoms with van der Waals surface area (Å²) in [6.45, 7) is 3.26. The van der Waals surface area contributed by atoms with Crippen LogP contribution in [0, 0.1) is 11.3 Å². The van der Waals surface area contributed by atoms with E-state index in [0.29, 0.717) is 43.1 Å². The number of nitriles is 1. The number of aromatic nitrogens is 1. The lowest BCUT2D eigenvalue weighted by atomic mass is 10.2. The van der Waals surface area contributed by atoms with E-state index in [-0.39, 0.29) is 11.9 Å². The van der Waals surface area contributed by atoms with E-state index < -0.39 is 11.7 Å². The predicted octanol–water partition coefficient (Wildman–Crippen LogP) is 3.29. The van der Waals surface area contributed by atoms with Crippen LogP contribution in [-0.4, -0.2) is 54.6 Å². The van der Waals surface area contributed by atoms with Crippen LogP contribution in [0.4, 0.5) is 24.7 Å². The Labute approximate surface area is 178 Å². The molecular weight excluding hydrogens is 407 g/mol. The van der Waals surface area contributed by atoms with Gasteiger partial charge >= 0.3 is 6.18 Å². The van der Waals surface area contributed by atoms with Crippen LogP contribution in [0.2, 0.25) is 0 Å². The van der Waals surface area contributed by atoms with Crippen molar-refractivity contribution in [2.45, 2.75) is 25.1 Å². The van der Waals surface area contributed by atoms with Crippen molar-refractivity contribution in [3.63, 3.8) is 0 Å². The Bertz CT molecular complexity index is 986. The van der Waals surface area contributed by atoms with E-state index in [1.807, 2.05) is 0 Å². The van der Waals surface area contributed by atoms with Gasteiger partial charge in [-0.2, -0.15) is 18.4 Å². The third-order valence-corrected chi connectivity index (χ3v) is 5.86. The van der Waals surface area contributed by atoms with Crippen molar-refractivity contribution in [2.75, 3.05) is 42.5 Å². The van der Waals surface area contributed by atoms with Crippen LogP contribution in [0.5, 0.6) is 0 Å². The lowest BCUT2D eigenvalue weighted by molar-refractivity contribution is -0.137. The number of pyridine rings is 1. The number of hydrogen-bond donors (Lipinski definition) is 0. The molecule has 9 heteroatoms. The summed E-state index contributed by atoms with van der Waals surface area (Å²) in [6, 6.07) is 10.1. The molecule has 0 saturated carbocycles. The zero-order chi connectivity index (χ0) is 22.0. The van der Waals surface area contributed by atoms with Crippen molar-refractivity contribution < 1.29 is 18.0 Å². The second kappa shape index (κ2) is 8.55. The Morgan fingerprint density at radius 3 is 2.52 bits per heavy atom. The molecule has 0 N–H and O–H groups in total. The van der Waals surface area contributed by atoms with Gasteiger partial charge in [0, 0.05) is 44.6 Å². The van der Waals surface area contributed by atoms with Crippen molar-refractivity contribution >= 4 is 17.4 Å². The number of carbonyl (C=O) groups is 1. The van der Waals surface area contributed by atoms with Crippen LogP contribution in [0.3, 0.4) is 0 Å². The van der Waals surface area contributed by atoms with Gasteiger partial charge in [-0.15, -0.1) is 0 Å². The number of amides is 1. The van der Waals surface area contributed by atoms with E-state index in [4.69, 9.17) is 0 Å². The number of anilines is 2. The number of halogens is 3. The van der Waals surface area contributed by atoms with Gasteiger partial charge in [0.25, 0.3) is 0 Å². The number of nitrogens with zero attached hydrogens (tertiary/aromatic N) is 5. The van der Waals surface area contributed by atoms with Gasteiger partial charge in [0.2, 0.25) is 5.91 Å². The fourth-order valence-electron chi connectivity index (χ4n) is 4.29. The standard InChI is InChI=1S/C22H22F3N5O/c23-22(24,25)17-4-6-18(7-5-17)30-12-8-19(21(30)31)28-10-2-11-29(14-13-28)20-16(15-26)3-1-9-27-20/h1,3-7,9,19H,2,8,10-14H2. The maximum atomic E-state index is 13.0. The van der Waals surface area contributed by atoms with Crippen LogP contribution in [0.1, 0.15) is 24.0 Å². The van der Waals surface area contributed by atoms with Gasteiger partial charge in [0.05, 0.1) is 17.2 Å². The molecule has 0 radical (unpaired) electrons. The Hall–Kier alpha value is -3.12. The van der Waals surface area contributed by atoms with Gasteiger partial charge in [-0.3, -0.25) is 9.69 Å². The number of carbonyl (C=O) groups excluding carboxylic acids is 1. The molecule has 1 atom stereocenters. The summed E-state index contributed by atoms with van der Waals surface area (Å²) >= 11 is 0. The van der Waals surface area contributed by atoms with Gasteiger partial charge in [0.1, 0.15) is 11.9 Å². The minimum absolute atomic E-state index is 0.0799. The van der Waals surface area contributed by atoms with E-state index in [1.54, 1.807) is 23.2 Å². The first-order chi connectivity index (χ1) is 14.9. The van der Waals surface area contributed by atoms with Crippen molar-refractivity contribution in [3.05, 3.63) is 53.7 Å². The van der Waals surface area contributed by atoms with E-state index in [2.05, 4.69) is 20.9 Å². The lowest BCUT2D eigenvalue weighted by Crippen LogP contribution is -2.43. The molecule has 6 nitrogen and oxygen atoms in total. The van der Waals surface area contributed by atoms with Crippen molar-refractivity contribution in [2.24, 2.45) is 0 Å². The molecule has 2 aromatic rings. The van der Waals surface area contributed by atoms with Crippen molar-refractivity contribution in [1.82, 2.24) is 9.88 Å². The SMILES string of the molecule is N#Cc1cccnc1N1CCCN(C2CCN(c3ccc(C(F)(F)F)cc3)C2=O)CC1. The third kappa shape index (κ3) is 4.35. The first-order valence-corrected chi connectivity index (χ1v) is 10.2. The second-order valence-electron chi connectivity index (χ2n) is 7.70. The Balaban J connectivity index is 1.43. The number of alkyl halides is 3. The van der Waals surface area contributed by atoms with Crippen molar-refractivity contribution in [3.8, 4) is 6.07 Å². The topological polar surface area (TPSA) is 63.5 Å². The summed E-state index contributed by atoms with van der Waals surface area (Å²) in [6.07, 6.45) is -1.27. The normalized spacial score (nSPS) is 20.6. The fourth-order valence-corrected chi connectivity index (χ4v) is 4.29. The summed E-state index contributed by atoms with van der Waals surface area (Å²) in [7, 11) is 0. The van der Waals surface area contributed by atoms with Gasteiger partial charge in [-0.05, 0) is 49.2 Å². The number of benzene rings is 1. The van der Waals surface area contributed by atoms with E-state index in [9.17, 15) is 23.2 Å². The van der Waals surface area contributed by atoms with Gasteiger partial charge in [-0.25, -0.2) is 4.98 Å². The number of rotatable bonds is 3. The first kappa shape index (κ1) is 21.1. The van der Waals surface area contributed by atoms with E-state index in [1.165, 1.54) is 12.1 Å². The summed E-state index contributed by atoms with van der Waals surface area (Å²) in [5.41, 5.74) is 0.295. The molecule has 2 saturated heterocycles. The molecule has 1 aromatic heterocycles. The smallest absolute Gasteiger partial charge is 0.354 e. The van der Waals surface area contributed by atoms with Crippen LogP contribution < -0.4 is 9.80 Å². The van der Waals surface area contributed by atoms with E-state index >= 15 is 0 Å². The van der Waals surface area contributed by atoms with Gasteiger partial charge < -0.3 is 9.80 Å². The molecule has 0 aliphatic carbocycles. The largest absolute Gasteiger partial charge is 0.416 e. The second-order valence-corrected chi connectivity index (χ2v) is 7.70. The molecule has 3 heterocycles. The summed E-state index contributed by atoms with van der Waals surface area (Å²) in [4.78, 5) is 23.2. The Morgan fingerprint density at radius 2 is 1.81 bits per heavy atom. The molecule has 2 fully saturated rings. The maximum absolute atomic E-state index is 13.0. The molecule has 2 aliphatic rings. The molecule has 2 aliphatic heterocycles. The molecular formula is C22H22F3N5O. The Morgan fingerprint density at radius 1 is 1.03 bits per heavy atom. The highest BCUT2D eigenvalue weighted by molar-refractivity contribution is 5.99. The zero-order valence-electron chi connectivity index (χ0n) is 16.8.